The van der Waals surface area contributed by atoms with E-state index in [-0.39, 0.29) is 49.4 Å². The predicted molar refractivity (Wildman–Crippen MR) is 251 cm³/mol. The zero-order chi connectivity index (χ0) is 51.3. The smallest absolute Gasteiger partial charge is 0.326 e. The molecule has 8 amide bonds. The molecule has 20 nitrogen and oxygen atoms in total. The largest absolute Gasteiger partial charge is 0.480 e. The first-order chi connectivity index (χ1) is 30.4. The zero-order valence-corrected chi connectivity index (χ0v) is 42.1. The lowest BCUT2D eigenvalue weighted by molar-refractivity contribution is -0.143. The van der Waals surface area contributed by atoms with Crippen molar-refractivity contribution in [2.75, 3.05) is 6.54 Å². The molecule has 0 radical (unpaired) electrons. The summed E-state index contributed by atoms with van der Waals surface area (Å²) in [5, 5.41) is 40.6. The van der Waals surface area contributed by atoms with Gasteiger partial charge in [0, 0.05) is 0 Å². The summed E-state index contributed by atoms with van der Waals surface area (Å²) in [5.74, 6) is -8.32. The lowest BCUT2D eigenvalue weighted by Gasteiger charge is -2.30. The number of amides is 8. The normalized spacial score (nSPS) is 16.2. The second kappa shape index (κ2) is 29.7. The van der Waals surface area contributed by atoms with Crippen molar-refractivity contribution in [2.24, 2.45) is 47.2 Å². The molecule has 0 aliphatic carbocycles. The first kappa shape index (κ1) is 61.1. The molecule has 0 aromatic heterocycles. The molecule has 0 aliphatic heterocycles. The van der Waals surface area contributed by atoms with Crippen LogP contribution in [0.1, 0.15) is 136 Å². The lowest BCUT2D eigenvalue weighted by atomic mass is 9.95. The number of aliphatic hydroxyl groups excluding tert-OH is 1. The maximum absolute atomic E-state index is 13.8. The average molecular weight is 940 g/mol. The summed E-state index contributed by atoms with van der Waals surface area (Å²) in [7, 11) is 0. The Morgan fingerprint density at radius 2 is 0.773 bits per heavy atom. The number of carbonyl (C=O) groups is 9. The van der Waals surface area contributed by atoms with Crippen molar-refractivity contribution in [3.05, 3.63) is 0 Å². The van der Waals surface area contributed by atoms with Gasteiger partial charge in [0.25, 0.3) is 0 Å². The maximum atomic E-state index is 13.8. The van der Waals surface area contributed by atoms with Gasteiger partial charge in [0.1, 0.15) is 48.3 Å². The summed E-state index contributed by atoms with van der Waals surface area (Å²) in [6, 6.07) is -9.18. The van der Waals surface area contributed by atoms with Gasteiger partial charge in [0.05, 0.1) is 12.6 Å². The number of carbonyl (C=O) groups excluding carboxylic acids is 8. The molecule has 0 rings (SSSR count). The van der Waals surface area contributed by atoms with Gasteiger partial charge in [-0.3, -0.25) is 38.4 Å². The van der Waals surface area contributed by atoms with Crippen molar-refractivity contribution in [2.45, 2.75) is 190 Å². The Kier molecular flexibility index (Phi) is 27.5. The third-order valence-electron chi connectivity index (χ3n) is 10.9. The molecule has 0 heterocycles. The van der Waals surface area contributed by atoms with Crippen LogP contribution in [0.25, 0.3) is 0 Å². The number of hydrogen-bond donors (Lipinski definition) is 11. The molecule has 0 aromatic rings. The predicted octanol–water partition coefficient (Wildman–Crippen LogP) is 0.831. The number of nitrogens with one attached hydrogen (secondary N) is 8. The van der Waals surface area contributed by atoms with E-state index in [4.69, 9.17) is 5.73 Å². The van der Waals surface area contributed by atoms with Crippen molar-refractivity contribution in [3.8, 4) is 0 Å². The first-order valence-electron chi connectivity index (χ1n) is 23.5. The highest BCUT2D eigenvalue weighted by molar-refractivity contribution is 5.97. The molecule has 20 heteroatoms. The zero-order valence-electron chi connectivity index (χ0n) is 42.1. The van der Waals surface area contributed by atoms with Gasteiger partial charge in [-0.2, -0.15) is 0 Å². The molecule has 0 bridgehead atoms. The molecular formula is C46H85N9O11. The molecule has 66 heavy (non-hydrogen) atoms. The molecule has 0 unspecified atom stereocenters. The van der Waals surface area contributed by atoms with E-state index in [0.717, 1.165) is 0 Å². The number of carboxylic acid groups (broad SMARTS) is 1. The molecule has 10 atom stereocenters. The van der Waals surface area contributed by atoms with Crippen LogP contribution in [0.3, 0.4) is 0 Å². The SMILES string of the molecule is CC[C@H](C)[C@H](NC(=O)[C@@H](NC(=O)[C@@H](N)[C@@H](C)O)C(C)C)C(=O)N[C@@H](CC(C)C)C(=O)NCC(=O)N[C@H](C(=O)N[C@@H](CC(C)C)C(=O)N[C@@H](CC(C)C)C(=O)N[C@@H](CC(C)C)C(=O)O)C(C)C. The highest BCUT2D eigenvalue weighted by Gasteiger charge is 2.36. The molecule has 0 aromatic carbocycles. The van der Waals surface area contributed by atoms with Gasteiger partial charge in [0.15, 0.2) is 0 Å². The number of aliphatic hydroxyl groups is 1. The van der Waals surface area contributed by atoms with E-state index in [2.05, 4.69) is 42.5 Å². The molecule has 0 saturated heterocycles. The van der Waals surface area contributed by atoms with E-state index in [9.17, 15) is 53.4 Å². The van der Waals surface area contributed by atoms with Gasteiger partial charge < -0.3 is 58.5 Å². The molecular weight excluding hydrogens is 855 g/mol. The second-order valence-corrected chi connectivity index (χ2v) is 20.0. The first-order valence-corrected chi connectivity index (χ1v) is 23.5. The lowest BCUT2D eigenvalue weighted by Crippen LogP contribution is -2.61. The van der Waals surface area contributed by atoms with Crippen LogP contribution in [0.2, 0.25) is 0 Å². The van der Waals surface area contributed by atoms with Crippen molar-refractivity contribution in [1.82, 2.24) is 42.5 Å². The minimum absolute atomic E-state index is 0.0254. The van der Waals surface area contributed by atoms with E-state index in [1.54, 1.807) is 34.6 Å². The summed E-state index contributed by atoms with van der Waals surface area (Å²) in [6.45, 7) is 25.8. The Bertz CT molecular complexity index is 1620. The van der Waals surface area contributed by atoms with Crippen molar-refractivity contribution in [1.29, 1.82) is 0 Å². The van der Waals surface area contributed by atoms with Crippen molar-refractivity contribution in [3.63, 3.8) is 0 Å². The molecule has 12 N–H and O–H groups in total. The van der Waals surface area contributed by atoms with Gasteiger partial charge in [0.2, 0.25) is 47.3 Å². The van der Waals surface area contributed by atoms with Crippen LogP contribution in [-0.4, -0.2) is 124 Å². The molecule has 380 valence electrons. The van der Waals surface area contributed by atoms with Gasteiger partial charge in [-0.05, 0) is 74.0 Å². The summed E-state index contributed by atoms with van der Waals surface area (Å²) >= 11 is 0. The Labute approximate surface area is 392 Å². The Morgan fingerprint density at radius 1 is 0.439 bits per heavy atom. The number of aliphatic carboxylic acids is 1. The summed E-state index contributed by atoms with van der Waals surface area (Å²) in [6.07, 6.45) is 0.00397. The fraction of sp³-hybridized carbons (Fsp3) is 0.804. The molecule has 0 saturated carbocycles. The van der Waals surface area contributed by atoms with E-state index in [1.807, 2.05) is 62.3 Å². The summed E-state index contributed by atoms with van der Waals surface area (Å²) in [5.41, 5.74) is 5.77. The average Bonchev–Trinajstić information content (AvgIpc) is 3.19. The van der Waals surface area contributed by atoms with Gasteiger partial charge >= 0.3 is 5.97 Å². The third-order valence-corrected chi connectivity index (χ3v) is 10.9. The maximum Gasteiger partial charge on any atom is 0.326 e. The molecule has 0 spiro atoms. The molecule has 0 aliphatic rings. The van der Waals surface area contributed by atoms with Crippen LogP contribution < -0.4 is 48.3 Å². The number of rotatable bonds is 30. The van der Waals surface area contributed by atoms with Crippen LogP contribution in [0.4, 0.5) is 0 Å². The Balaban J connectivity index is 6.12. The monoisotopic (exact) mass is 940 g/mol. The van der Waals surface area contributed by atoms with Crippen molar-refractivity contribution < 1.29 is 53.4 Å². The van der Waals surface area contributed by atoms with E-state index in [0.29, 0.717) is 6.42 Å². The van der Waals surface area contributed by atoms with Crippen LogP contribution in [-0.2, 0) is 43.2 Å². The number of hydrogen-bond acceptors (Lipinski definition) is 11. The van der Waals surface area contributed by atoms with Crippen molar-refractivity contribution >= 4 is 53.2 Å². The van der Waals surface area contributed by atoms with Crippen LogP contribution in [0, 0.1) is 41.4 Å². The van der Waals surface area contributed by atoms with E-state index >= 15 is 0 Å². The summed E-state index contributed by atoms with van der Waals surface area (Å²) < 4.78 is 0. The fourth-order valence-electron chi connectivity index (χ4n) is 6.87. The van der Waals surface area contributed by atoms with Gasteiger partial charge in [-0.25, -0.2) is 4.79 Å². The molecule has 0 fully saturated rings. The minimum atomic E-state index is -1.29. The van der Waals surface area contributed by atoms with E-state index in [1.165, 1.54) is 6.92 Å². The minimum Gasteiger partial charge on any atom is -0.480 e. The van der Waals surface area contributed by atoms with Crippen LogP contribution in [0.15, 0.2) is 0 Å². The third kappa shape index (κ3) is 22.6. The Morgan fingerprint density at radius 3 is 1.15 bits per heavy atom. The topological polar surface area (TPSA) is 316 Å². The van der Waals surface area contributed by atoms with Gasteiger partial charge in [-0.1, -0.05) is 103 Å². The second-order valence-electron chi connectivity index (χ2n) is 20.0. The van der Waals surface area contributed by atoms with Crippen LogP contribution in [0.5, 0.6) is 0 Å². The van der Waals surface area contributed by atoms with Gasteiger partial charge in [-0.15, -0.1) is 0 Å². The highest BCUT2D eigenvalue weighted by atomic mass is 16.4. The number of nitrogens with two attached hydrogens (primary N) is 1. The summed E-state index contributed by atoms with van der Waals surface area (Å²) in [4.78, 5) is 120. The van der Waals surface area contributed by atoms with Crippen LogP contribution >= 0.6 is 0 Å². The quantitative estimate of drug-likeness (QED) is 0.0478. The Hall–Kier alpha value is -4.85. The standard InChI is InChI=1S/C46H85N9O11/c1-16-28(14)38(55-44(63)37(27(12)13)54-42(61)35(47)29(15)56)45(64)50-30(17-22(2)3)39(58)48-21-34(57)53-36(26(10)11)43(62)51-32(19-24(6)7)40(59)49-31(18-23(4)5)41(60)52-33(46(65)66)20-25(8)9/h22-33,35-38,56H,16-21,47H2,1-15H3,(H,48,58)(H,49,59)(H,50,64)(H,51,62)(H,52,60)(H,53,57)(H,54,61)(H,55,63)(H,65,66)/t28-,29+,30-,31-,32-,33-,35-,36-,37-,38-/m0/s1. The fourth-order valence-corrected chi connectivity index (χ4v) is 6.87. The number of carboxylic acids is 1. The van der Waals surface area contributed by atoms with E-state index < -0.39 is 132 Å². The highest BCUT2D eigenvalue weighted by Crippen LogP contribution is 2.15.